The van der Waals surface area contributed by atoms with Crippen molar-refractivity contribution in [3.8, 4) is 0 Å². The summed E-state index contributed by atoms with van der Waals surface area (Å²) >= 11 is 0. The van der Waals surface area contributed by atoms with Crippen molar-refractivity contribution in [2.75, 3.05) is 11.1 Å². The summed E-state index contributed by atoms with van der Waals surface area (Å²) in [5, 5.41) is 3.72. The molecule has 0 bridgehead atoms. The normalized spacial score (nSPS) is 11.6. The third kappa shape index (κ3) is 2.67. The van der Waals surface area contributed by atoms with E-state index in [9.17, 15) is 13.2 Å². The van der Waals surface area contributed by atoms with Crippen LogP contribution in [0.3, 0.4) is 0 Å². The van der Waals surface area contributed by atoms with Crippen molar-refractivity contribution in [1.29, 1.82) is 0 Å². The van der Waals surface area contributed by atoms with Gasteiger partial charge in [-0.05, 0) is 30.3 Å². The molecule has 0 atom stereocenters. The van der Waals surface area contributed by atoms with Crippen LogP contribution in [0, 0.1) is 0 Å². The van der Waals surface area contributed by atoms with Crippen molar-refractivity contribution in [3.63, 3.8) is 0 Å². The fourth-order valence-corrected chi connectivity index (χ4v) is 2.23. The number of para-hydroxylation sites is 1. The molecular weight excluding hydrogens is 291 g/mol. The predicted molar refractivity (Wildman–Crippen MR) is 80.9 cm³/mol. The molecule has 0 aliphatic rings. The summed E-state index contributed by atoms with van der Waals surface area (Å²) < 4.78 is 38.3. The molecule has 2 aromatic carbocycles. The lowest BCUT2D eigenvalue weighted by molar-refractivity contribution is -0.137. The monoisotopic (exact) mass is 303 g/mol. The maximum Gasteiger partial charge on any atom is 0.416 e. The van der Waals surface area contributed by atoms with Crippen molar-refractivity contribution in [3.05, 3.63) is 60.3 Å². The van der Waals surface area contributed by atoms with E-state index in [0.717, 1.165) is 17.5 Å². The highest BCUT2D eigenvalue weighted by atomic mass is 19.4. The SMILES string of the molecule is Nc1ccnc2c(Nc3cccc(C(F)(F)F)c3)cccc12. The number of nitrogen functional groups attached to an aromatic ring is 1. The molecule has 0 amide bonds. The van der Waals surface area contributed by atoms with Gasteiger partial charge in [0.2, 0.25) is 0 Å². The molecule has 0 fully saturated rings. The Morgan fingerprint density at radius 1 is 1.00 bits per heavy atom. The molecule has 3 N–H and O–H groups in total. The minimum atomic E-state index is -4.38. The van der Waals surface area contributed by atoms with Gasteiger partial charge >= 0.3 is 6.18 Å². The highest BCUT2D eigenvalue weighted by Crippen LogP contribution is 2.32. The van der Waals surface area contributed by atoms with Crippen molar-refractivity contribution >= 4 is 28.0 Å². The zero-order chi connectivity index (χ0) is 15.7. The zero-order valence-electron chi connectivity index (χ0n) is 11.4. The molecule has 0 unspecified atom stereocenters. The van der Waals surface area contributed by atoms with Gasteiger partial charge in [-0.1, -0.05) is 18.2 Å². The lowest BCUT2D eigenvalue weighted by Crippen LogP contribution is -2.05. The van der Waals surface area contributed by atoms with Crippen molar-refractivity contribution in [2.24, 2.45) is 0 Å². The van der Waals surface area contributed by atoms with Crippen molar-refractivity contribution in [1.82, 2.24) is 4.98 Å². The van der Waals surface area contributed by atoms with Crippen LogP contribution in [0.4, 0.5) is 30.2 Å². The van der Waals surface area contributed by atoms with Gasteiger partial charge in [-0.25, -0.2) is 0 Å². The van der Waals surface area contributed by atoms with Gasteiger partial charge in [0.15, 0.2) is 0 Å². The number of rotatable bonds is 2. The third-order valence-corrected chi connectivity index (χ3v) is 3.27. The topological polar surface area (TPSA) is 50.9 Å². The third-order valence-electron chi connectivity index (χ3n) is 3.27. The summed E-state index contributed by atoms with van der Waals surface area (Å²) in [4.78, 5) is 4.24. The molecule has 0 spiro atoms. The number of alkyl halides is 3. The Kier molecular flexibility index (Phi) is 3.36. The minimum absolute atomic E-state index is 0.339. The lowest BCUT2D eigenvalue weighted by Gasteiger charge is -2.12. The quantitative estimate of drug-likeness (QED) is 0.728. The van der Waals surface area contributed by atoms with Crippen LogP contribution in [-0.4, -0.2) is 4.98 Å². The summed E-state index contributed by atoms with van der Waals surface area (Å²) in [5.74, 6) is 0. The smallest absolute Gasteiger partial charge is 0.398 e. The minimum Gasteiger partial charge on any atom is -0.398 e. The van der Waals surface area contributed by atoms with E-state index in [1.165, 1.54) is 6.07 Å². The summed E-state index contributed by atoms with van der Waals surface area (Å²) in [6.07, 6.45) is -2.81. The number of nitrogens with zero attached hydrogens (tertiary/aromatic N) is 1. The Hall–Kier alpha value is -2.76. The lowest BCUT2D eigenvalue weighted by atomic mass is 10.1. The molecule has 22 heavy (non-hydrogen) atoms. The molecule has 0 saturated heterocycles. The van der Waals surface area contributed by atoms with Crippen molar-refractivity contribution in [2.45, 2.75) is 6.18 Å². The molecule has 0 aliphatic carbocycles. The van der Waals surface area contributed by atoms with E-state index in [0.29, 0.717) is 22.6 Å². The Morgan fingerprint density at radius 3 is 2.55 bits per heavy atom. The number of pyridine rings is 1. The maximum atomic E-state index is 12.8. The number of benzene rings is 2. The second-order valence-electron chi connectivity index (χ2n) is 4.81. The second kappa shape index (κ2) is 5.22. The summed E-state index contributed by atoms with van der Waals surface area (Å²) in [6.45, 7) is 0. The first kappa shape index (κ1) is 14.2. The highest BCUT2D eigenvalue weighted by Gasteiger charge is 2.30. The standard InChI is InChI=1S/C16H12F3N3/c17-16(18,19)10-3-1-4-11(9-10)22-14-6-2-5-12-13(20)7-8-21-15(12)14/h1-9,22H,(H2,20,21). The molecule has 3 rings (SSSR count). The number of aromatic nitrogens is 1. The molecule has 112 valence electrons. The average Bonchev–Trinajstić information content (AvgIpc) is 2.48. The van der Waals surface area contributed by atoms with E-state index in [1.54, 1.807) is 30.5 Å². The number of hydrogen-bond acceptors (Lipinski definition) is 3. The van der Waals surface area contributed by atoms with Crippen LogP contribution in [0.5, 0.6) is 0 Å². The molecule has 3 nitrogen and oxygen atoms in total. The first-order valence-corrected chi connectivity index (χ1v) is 6.52. The number of fused-ring (bicyclic) bond motifs is 1. The average molecular weight is 303 g/mol. The van der Waals surface area contributed by atoms with Gasteiger partial charge in [0.25, 0.3) is 0 Å². The zero-order valence-corrected chi connectivity index (χ0v) is 11.4. The first-order chi connectivity index (χ1) is 10.4. The fourth-order valence-electron chi connectivity index (χ4n) is 2.23. The van der Waals surface area contributed by atoms with Gasteiger partial charge in [0.05, 0.1) is 16.8 Å². The van der Waals surface area contributed by atoms with E-state index >= 15 is 0 Å². The largest absolute Gasteiger partial charge is 0.416 e. The van der Waals surface area contributed by atoms with Gasteiger partial charge in [-0.15, -0.1) is 0 Å². The van der Waals surface area contributed by atoms with E-state index in [2.05, 4.69) is 10.3 Å². The number of nitrogens with one attached hydrogen (secondary N) is 1. The molecule has 0 saturated carbocycles. The van der Waals surface area contributed by atoms with Crippen molar-refractivity contribution < 1.29 is 13.2 Å². The summed E-state index contributed by atoms with van der Waals surface area (Å²) in [7, 11) is 0. The van der Waals surface area contributed by atoms with Crippen LogP contribution in [0.1, 0.15) is 5.56 Å². The Labute approximate surface area is 124 Å². The summed E-state index contributed by atoms with van der Waals surface area (Å²) in [5.41, 5.74) is 7.30. The van der Waals surface area contributed by atoms with Gasteiger partial charge in [0.1, 0.15) is 0 Å². The van der Waals surface area contributed by atoms with Gasteiger partial charge in [-0.3, -0.25) is 4.98 Å². The fraction of sp³-hybridized carbons (Fsp3) is 0.0625. The maximum absolute atomic E-state index is 12.8. The Morgan fingerprint density at radius 2 is 1.77 bits per heavy atom. The van der Waals surface area contributed by atoms with E-state index in [-0.39, 0.29) is 0 Å². The van der Waals surface area contributed by atoms with E-state index < -0.39 is 11.7 Å². The molecular formula is C16H12F3N3. The van der Waals surface area contributed by atoms with Crippen LogP contribution in [0.2, 0.25) is 0 Å². The first-order valence-electron chi connectivity index (χ1n) is 6.52. The van der Waals surface area contributed by atoms with Crippen LogP contribution in [0.15, 0.2) is 54.7 Å². The van der Waals surface area contributed by atoms with E-state index in [1.807, 2.05) is 6.07 Å². The molecule has 1 aromatic heterocycles. The van der Waals surface area contributed by atoms with Gasteiger partial charge in [0, 0.05) is 23.0 Å². The molecule has 0 aliphatic heterocycles. The van der Waals surface area contributed by atoms with E-state index in [4.69, 9.17) is 5.73 Å². The van der Waals surface area contributed by atoms with Gasteiger partial charge < -0.3 is 11.1 Å². The number of hydrogen-bond donors (Lipinski definition) is 2. The molecule has 1 heterocycles. The number of halogens is 3. The highest BCUT2D eigenvalue weighted by molar-refractivity contribution is 5.98. The second-order valence-corrected chi connectivity index (χ2v) is 4.81. The van der Waals surface area contributed by atoms with Crippen LogP contribution in [0.25, 0.3) is 10.9 Å². The van der Waals surface area contributed by atoms with Crippen LogP contribution < -0.4 is 11.1 Å². The molecule has 0 radical (unpaired) electrons. The van der Waals surface area contributed by atoms with Crippen LogP contribution >= 0.6 is 0 Å². The molecule has 3 aromatic rings. The number of anilines is 3. The van der Waals surface area contributed by atoms with Crippen LogP contribution in [-0.2, 0) is 6.18 Å². The predicted octanol–water partition coefficient (Wildman–Crippen LogP) is 4.58. The number of nitrogens with two attached hydrogens (primary N) is 1. The van der Waals surface area contributed by atoms with Gasteiger partial charge in [-0.2, -0.15) is 13.2 Å². The Bertz CT molecular complexity index is 828. The Balaban J connectivity index is 2.02. The summed E-state index contributed by atoms with van der Waals surface area (Å²) in [6, 6.07) is 12.0. The molecule has 6 heteroatoms.